The molecule has 0 heterocycles. The van der Waals surface area contributed by atoms with Crippen LogP contribution in [0, 0.1) is 5.82 Å². The molecule has 0 radical (unpaired) electrons. The Hall–Kier alpha value is -0.970. The Morgan fingerprint density at radius 3 is 2.76 bits per heavy atom. The maximum Gasteiger partial charge on any atom is 0.123 e. The maximum atomic E-state index is 13.1. The average Bonchev–Trinajstić information content (AvgIpc) is 2.34. The molecule has 4 N–H and O–H groups in total. The fourth-order valence-electron chi connectivity index (χ4n) is 1.75. The van der Waals surface area contributed by atoms with E-state index in [9.17, 15) is 4.39 Å². The zero-order valence-electron chi connectivity index (χ0n) is 10.0. The van der Waals surface area contributed by atoms with Crippen molar-refractivity contribution in [3.05, 3.63) is 35.6 Å². The van der Waals surface area contributed by atoms with Gasteiger partial charge in [-0.15, -0.1) is 0 Å². The topological polar surface area (TPSA) is 58.3 Å². The van der Waals surface area contributed by atoms with Gasteiger partial charge in [0.15, 0.2) is 0 Å². The highest BCUT2D eigenvalue weighted by molar-refractivity contribution is 5.20. The number of hydrogen-bond acceptors (Lipinski definition) is 3. The van der Waals surface area contributed by atoms with Crippen LogP contribution in [0.15, 0.2) is 24.3 Å². The van der Waals surface area contributed by atoms with Gasteiger partial charge >= 0.3 is 0 Å². The predicted octanol–water partition coefficient (Wildman–Crippen LogP) is 1.58. The molecule has 0 aliphatic heterocycles. The van der Waals surface area contributed by atoms with Gasteiger partial charge in [-0.25, -0.2) is 4.39 Å². The van der Waals surface area contributed by atoms with E-state index in [2.05, 4.69) is 5.32 Å². The number of nitrogens with two attached hydrogens (primary N) is 1. The largest absolute Gasteiger partial charge is 0.396 e. The van der Waals surface area contributed by atoms with Crippen LogP contribution in [0.2, 0.25) is 0 Å². The monoisotopic (exact) mass is 240 g/mol. The fourth-order valence-corrected chi connectivity index (χ4v) is 1.75. The van der Waals surface area contributed by atoms with Gasteiger partial charge in [0.2, 0.25) is 0 Å². The van der Waals surface area contributed by atoms with E-state index in [0.29, 0.717) is 6.54 Å². The van der Waals surface area contributed by atoms with Crippen molar-refractivity contribution in [2.24, 2.45) is 5.73 Å². The van der Waals surface area contributed by atoms with Crippen molar-refractivity contribution in [3.63, 3.8) is 0 Å². The van der Waals surface area contributed by atoms with Crippen LogP contribution in [0.3, 0.4) is 0 Å². The molecule has 17 heavy (non-hydrogen) atoms. The maximum absolute atomic E-state index is 13.1. The Bertz CT molecular complexity index is 320. The van der Waals surface area contributed by atoms with E-state index in [-0.39, 0.29) is 18.5 Å². The van der Waals surface area contributed by atoms with Crippen molar-refractivity contribution in [2.45, 2.75) is 25.3 Å². The summed E-state index contributed by atoms with van der Waals surface area (Å²) in [7, 11) is 0. The van der Waals surface area contributed by atoms with Crippen molar-refractivity contribution >= 4 is 0 Å². The molecule has 1 unspecified atom stereocenters. The van der Waals surface area contributed by atoms with Crippen LogP contribution in [0.25, 0.3) is 0 Å². The Balaban J connectivity index is 2.38. The third-order valence-corrected chi connectivity index (χ3v) is 2.71. The minimum absolute atomic E-state index is 0.000161. The summed E-state index contributed by atoms with van der Waals surface area (Å²) in [5, 5.41) is 11.9. The summed E-state index contributed by atoms with van der Waals surface area (Å²) < 4.78 is 13.1. The number of halogens is 1. The number of aliphatic hydroxyl groups is 1. The molecule has 4 heteroatoms. The SMILES string of the molecule is NCC(NCCCCCO)c1cccc(F)c1. The molecule has 1 aromatic rings. The molecule has 1 atom stereocenters. The highest BCUT2D eigenvalue weighted by Crippen LogP contribution is 2.13. The van der Waals surface area contributed by atoms with Crippen LogP contribution in [0.5, 0.6) is 0 Å². The van der Waals surface area contributed by atoms with Crippen molar-refractivity contribution in [3.8, 4) is 0 Å². The van der Waals surface area contributed by atoms with E-state index in [0.717, 1.165) is 31.4 Å². The van der Waals surface area contributed by atoms with Crippen LogP contribution in [0.4, 0.5) is 4.39 Å². The number of aliphatic hydroxyl groups excluding tert-OH is 1. The molecular weight excluding hydrogens is 219 g/mol. The third kappa shape index (κ3) is 5.26. The summed E-state index contributed by atoms with van der Waals surface area (Å²) >= 11 is 0. The molecule has 0 spiro atoms. The first-order valence-corrected chi connectivity index (χ1v) is 6.07. The van der Waals surface area contributed by atoms with Gasteiger partial charge < -0.3 is 16.2 Å². The van der Waals surface area contributed by atoms with Gasteiger partial charge in [0, 0.05) is 19.2 Å². The van der Waals surface area contributed by atoms with Crippen LogP contribution >= 0.6 is 0 Å². The molecule has 1 aromatic carbocycles. The molecule has 96 valence electrons. The van der Waals surface area contributed by atoms with Crippen molar-refractivity contribution < 1.29 is 9.50 Å². The smallest absolute Gasteiger partial charge is 0.123 e. The van der Waals surface area contributed by atoms with E-state index in [1.54, 1.807) is 6.07 Å². The summed E-state index contributed by atoms with van der Waals surface area (Å²) in [4.78, 5) is 0. The van der Waals surface area contributed by atoms with Gasteiger partial charge in [0.1, 0.15) is 5.82 Å². The van der Waals surface area contributed by atoms with Crippen molar-refractivity contribution in [1.29, 1.82) is 0 Å². The lowest BCUT2D eigenvalue weighted by Crippen LogP contribution is -2.29. The van der Waals surface area contributed by atoms with E-state index in [1.165, 1.54) is 12.1 Å². The van der Waals surface area contributed by atoms with Gasteiger partial charge in [-0.1, -0.05) is 12.1 Å². The van der Waals surface area contributed by atoms with Gasteiger partial charge in [0.05, 0.1) is 0 Å². The molecular formula is C13H21FN2O. The van der Waals surface area contributed by atoms with E-state index in [1.807, 2.05) is 6.07 Å². The summed E-state index contributed by atoms with van der Waals surface area (Å²) in [5.74, 6) is -0.233. The second-order valence-corrected chi connectivity index (χ2v) is 4.08. The summed E-state index contributed by atoms with van der Waals surface area (Å²) in [6.45, 7) is 1.52. The van der Waals surface area contributed by atoms with Crippen LogP contribution < -0.4 is 11.1 Å². The fraction of sp³-hybridized carbons (Fsp3) is 0.538. The highest BCUT2D eigenvalue weighted by atomic mass is 19.1. The molecule has 0 aliphatic carbocycles. The predicted molar refractivity (Wildman–Crippen MR) is 67.1 cm³/mol. The second-order valence-electron chi connectivity index (χ2n) is 4.08. The van der Waals surface area contributed by atoms with Crippen molar-refractivity contribution in [2.75, 3.05) is 19.7 Å². The van der Waals surface area contributed by atoms with Gasteiger partial charge in [-0.05, 0) is 43.5 Å². The summed E-state index contributed by atoms with van der Waals surface area (Å²) in [5.41, 5.74) is 6.55. The number of rotatable bonds is 8. The molecule has 0 bridgehead atoms. The van der Waals surface area contributed by atoms with E-state index >= 15 is 0 Å². The molecule has 0 aromatic heterocycles. The molecule has 3 nitrogen and oxygen atoms in total. The average molecular weight is 240 g/mol. The first kappa shape index (κ1) is 14.1. The molecule has 0 fully saturated rings. The quantitative estimate of drug-likeness (QED) is 0.605. The molecule has 0 saturated heterocycles. The highest BCUT2D eigenvalue weighted by Gasteiger charge is 2.08. The molecule has 0 aliphatic rings. The van der Waals surface area contributed by atoms with E-state index in [4.69, 9.17) is 10.8 Å². The third-order valence-electron chi connectivity index (χ3n) is 2.71. The molecule has 0 amide bonds. The number of benzene rings is 1. The minimum atomic E-state index is -0.233. The summed E-state index contributed by atoms with van der Waals surface area (Å²) in [6, 6.07) is 6.51. The van der Waals surface area contributed by atoms with E-state index < -0.39 is 0 Å². The second kappa shape index (κ2) is 8.17. The van der Waals surface area contributed by atoms with Gasteiger partial charge in [0.25, 0.3) is 0 Å². The lowest BCUT2D eigenvalue weighted by molar-refractivity contribution is 0.282. The van der Waals surface area contributed by atoms with Crippen LogP contribution in [0.1, 0.15) is 30.9 Å². The number of nitrogens with one attached hydrogen (secondary N) is 1. The first-order valence-electron chi connectivity index (χ1n) is 6.07. The van der Waals surface area contributed by atoms with Gasteiger partial charge in [-0.3, -0.25) is 0 Å². The Morgan fingerprint density at radius 2 is 2.12 bits per heavy atom. The van der Waals surface area contributed by atoms with Crippen molar-refractivity contribution in [1.82, 2.24) is 5.32 Å². The standard InChI is InChI=1S/C13H21FN2O/c14-12-6-4-5-11(9-12)13(10-15)16-7-2-1-3-8-17/h4-6,9,13,16-17H,1-3,7-8,10,15H2. The van der Waals surface area contributed by atoms with Crippen LogP contribution in [-0.2, 0) is 0 Å². The normalized spacial score (nSPS) is 12.6. The van der Waals surface area contributed by atoms with Crippen LogP contribution in [-0.4, -0.2) is 24.8 Å². The molecule has 1 rings (SSSR count). The minimum Gasteiger partial charge on any atom is -0.396 e. The Labute approximate surface area is 102 Å². The zero-order valence-corrected chi connectivity index (χ0v) is 10.0. The first-order chi connectivity index (χ1) is 8.27. The summed E-state index contributed by atoms with van der Waals surface area (Å²) in [6.07, 6.45) is 2.81. The zero-order chi connectivity index (χ0) is 12.5. The van der Waals surface area contributed by atoms with Gasteiger partial charge in [-0.2, -0.15) is 0 Å². The Morgan fingerprint density at radius 1 is 1.29 bits per heavy atom. The Kier molecular flexibility index (Phi) is 6.77. The number of hydrogen-bond donors (Lipinski definition) is 3. The lowest BCUT2D eigenvalue weighted by Gasteiger charge is -2.17. The lowest BCUT2D eigenvalue weighted by atomic mass is 10.1. The number of unbranched alkanes of at least 4 members (excludes halogenated alkanes) is 2. The molecule has 0 saturated carbocycles.